The number of ether oxygens (including phenoxy) is 1. The van der Waals surface area contributed by atoms with Crippen molar-refractivity contribution in [2.24, 2.45) is 0 Å². The van der Waals surface area contributed by atoms with Crippen molar-refractivity contribution in [3.05, 3.63) is 93.5 Å². The first-order chi connectivity index (χ1) is 15.6. The first-order valence-corrected chi connectivity index (χ1v) is 11.1. The van der Waals surface area contributed by atoms with Gasteiger partial charge in [0.2, 0.25) is 11.6 Å². The maximum Gasteiger partial charge on any atom is 0.233 e. The molecule has 1 unspecified atom stereocenters. The van der Waals surface area contributed by atoms with E-state index in [9.17, 15) is 9.59 Å². The highest BCUT2D eigenvalue weighted by Crippen LogP contribution is 2.50. The molecule has 6 heteroatoms. The summed E-state index contributed by atoms with van der Waals surface area (Å²) in [5.41, 5.74) is 5.98. The van der Waals surface area contributed by atoms with Gasteiger partial charge < -0.3 is 10.1 Å². The summed E-state index contributed by atoms with van der Waals surface area (Å²) in [6.45, 7) is 1.98. The lowest BCUT2D eigenvalue weighted by Gasteiger charge is -2.34. The third-order valence-corrected chi connectivity index (χ3v) is 7.09. The molecule has 1 aliphatic heterocycles. The molecule has 0 saturated carbocycles. The Kier molecular flexibility index (Phi) is 4.07. The molecule has 2 heterocycles. The summed E-state index contributed by atoms with van der Waals surface area (Å²) >= 11 is 1.62. The van der Waals surface area contributed by atoms with Crippen molar-refractivity contribution in [2.45, 2.75) is 12.8 Å². The number of aryl methyl sites for hydroxylation is 1. The van der Waals surface area contributed by atoms with E-state index in [4.69, 9.17) is 9.72 Å². The number of thiazole rings is 1. The van der Waals surface area contributed by atoms with Crippen molar-refractivity contribution in [1.29, 1.82) is 0 Å². The van der Waals surface area contributed by atoms with Crippen molar-refractivity contribution < 1.29 is 14.3 Å². The molecule has 1 atom stereocenters. The fraction of sp³-hybridized carbons (Fsp3) is 0.115. The largest absolute Gasteiger partial charge is 0.497 e. The quantitative estimate of drug-likeness (QED) is 0.428. The number of methoxy groups -OCH3 is 1. The zero-order valence-electron chi connectivity index (χ0n) is 17.4. The van der Waals surface area contributed by atoms with Gasteiger partial charge in [-0.3, -0.25) is 9.59 Å². The second-order valence-corrected chi connectivity index (χ2v) is 9.16. The van der Waals surface area contributed by atoms with E-state index in [2.05, 4.69) is 11.4 Å². The Labute approximate surface area is 188 Å². The second kappa shape index (κ2) is 6.87. The monoisotopic (exact) mass is 438 g/mol. The summed E-state index contributed by atoms with van der Waals surface area (Å²) in [7, 11) is 1.62. The molecular formula is C26H18N2O3S. The van der Waals surface area contributed by atoms with Crippen molar-refractivity contribution in [3.8, 4) is 5.75 Å². The molecule has 0 saturated heterocycles. The van der Waals surface area contributed by atoms with E-state index in [1.54, 1.807) is 30.6 Å². The van der Waals surface area contributed by atoms with E-state index in [0.717, 1.165) is 43.4 Å². The average Bonchev–Trinajstić information content (AvgIpc) is 3.22. The lowest BCUT2D eigenvalue weighted by molar-refractivity contribution is -0.112. The molecule has 0 radical (unpaired) electrons. The van der Waals surface area contributed by atoms with Gasteiger partial charge in [-0.05, 0) is 36.8 Å². The summed E-state index contributed by atoms with van der Waals surface area (Å²) in [6.07, 6.45) is 0. The zero-order chi connectivity index (χ0) is 22.0. The summed E-state index contributed by atoms with van der Waals surface area (Å²) < 4.78 is 6.39. The van der Waals surface area contributed by atoms with Crippen LogP contribution < -0.4 is 10.1 Å². The SMILES string of the molecule is COc1ccc(C2C3=C(Nc4ccc5sc(C)nc5c42)c2ccccc2C(=O)C3=O)cc1. The Bertz CT molecular complexity index is 1480. The second-order valence-electron chi connectivity index (χ2n) is 7.93. The number of aromatic nitrogens is 1. The molecule has 5 nitrogen and oxygen atoms in total. The lowest BCUT2D eigenvalue weighted by Crippen LogP contribution is -2.32. The van der Waals surface area contributed by atoms with Crippen LogP contribution >= 0.6 is 11.3 Å². The van der Waals surface area contributed by atoms with E-state index in [1.807, 2.05) is 49.4 Å². The van der Waals surface area contributed by atoms with Crippen LogP contribution in [-0.4, -0.2) is 23.7 Å². The fourth-order valence-corrected chi connectivity index (χ4v) is 5.59. The number of nitrogens with zero attached hydrogens (tertiary/aromatic N) is 1. The minimum atomic E-state index is -0.471. The Morgan fingerprint density at radius 1 is 0.938 bits per heavy atom. The van der Waals surface area contributed by atoms with Crippen molar-refractivity contribution in [2.75, 3.05) is 12.4 Å². The number of rotatable bonds is 2. The topological polar surface area (TPSA) is 68.3 Å². The number of benzene rings is 3. The summed E-state index contributed by atoms with van der Waals surface area (Å²) in [4.78, 5) is 31.4. The van der Waals surface area contributed by atoms with E-state index >= 15 is 0 Å². The van der Waals surface area contributed by atoms with Crippen LogP contribution in [-0.2, 0) is 4.79 Å². The molecule has 4 aromatic rings. The molecule has 1 aromatic heterocycles. The number of carbonyl (C=O) groups excluding carboxylic acids is 2. The van der Waals surface area contributed by atoms with Gasteiger partial charge >= 0.3 is 0 Å². The number of allylic oxidation sites excluding steroid dienone is 1. The van der Waals surface area contributed by atoms with Gasteiger partial charge in [0, 0.05) is 33.9 Å². The number of carbonyl (C=O) groups is 2. The number of ketones is 2. The van der Waals surface area contributed by atoms with E-state index < -0.39 is 17.5 Å². The standard InChI is InChI=1S/C26H18N2O3S/c1-13-27-24-19(32-13)12-11-18-21(24)20(14-7-9-15(31-2)10-8-14)22-23(28-18)16-5-3-4-6-17(16)25(29)26(22)30/h3-12,20,28H,1-2H3. The molecule has 2 aliphatic rings. The van der Waals surface area contributed by atoms with Crippen LogP contribution in [0.25, 0.3) is 15.9 Å². The summed E-state index contributed by atoms with van der Waals surface area (Å²) in [5.74, 6) is -0.621. The highest BCUT2D eigenvalue weighted by Gasteiger charge is 2.42. The van der Waals surface area contributed by atoms with Crippen LogP contribution in [0.15, 0.2) is 66.2 Å². The molecule has 0 bridgehead atoms. The van der Waals surface area contributed by atoms with E-state index in [-0.39, 0.29) is 0 Å². The minimum Gasteiger partial charge on any atom is -0.497 e. The third kappa shape index (κ3) is 2.59. The molecule has 3 aromatic carbocycles. The van der Waals surface area contributed by atoms with Crippen molar-refractivity contribution >= 4 is 44.5 Å². The van der Waals surface area contributed by atoms with Gasteiger partial charge in [-0.15, -0.1) is 11.3 Å². The number of Topliss-reactive ketones (excluding diaryl/α,β-unsaturated/α-hetero) is 2. The van der Waals surface area contributed by atoms with Crippen LogP contribution in [0.2, 0.25) is 0 Å². The molecule has 0 fully saturated rings. The van der Waals surface area contributed by atoms with Crippen LogP contribution in [0, 0.1) is 6.92 Å². The maximum absolute atomic E-state index is 13.5. The van der Waals surface area contributed by atoms with Crippen molar-refractivity contribution in [1.82, 2.24) is 4.98 Å². The first-order valence-electron chi connectivity index (χ1n) is 10.3. The zero-order valence-corrected chi connectivity index (χ0v) is 18.2. The molecule has 32 heavy (non-hydrogen) atoms. The highest BCUT2D eigenvalue weighted by molar-refractivity contribution is 7.18. The fourth-order valence-electron chi connectivity index (χ4n) is 4.75. The van der Waals surface area contributed by atoms with Crippen molar-refractivity contribution in [3.63, 3.8) is 0 Å². The van der Waals surface area contributed by atoms with Crippen LogP contribution in [0.1, 0.15) is 38.0 Å². The van der Waals surface area contributed by atoms with Gasteiger partial charge in [-0.25, -0.2) is 4.98 Å². The predicted molar refractivity (Wildman–Crippen MR) is 126 cm³/mol. The maximum atomic E-state index is 13.5. The Balaban J connectivity index is 1.69. The molecule has 0 spiro atoms. The van der Waals surface area contributed by atoms with Gasteiger partial charge in [-0.1, -0.05) is 36.4 Å². The van der Waals surface area contributed by atoms with Gasteiger partial charge in [0.05, 0.1) is 28.0 Å². The average molecular weight is 439 g/mol. The predicted octanol–water partition coefficient (Wildman–Crippen LogP) is 5.35. The molecule has 0 amide bonds. The van der Waals surface area contributed by atoms with Gasteiger partial charge in [0.1, 0.15) is 5.75 Å². The van der Waals surface area contributed by atoms with Crippen LogP contribution in [0.4, 0.5) is 5.69 Å². The number of nitrogens with one attached hydrogen (secondary N) is 1. The number of hydrogen-bond acceptors (Lipinski definition) is 6. The molecule has 1 N–H and O–H groups in total. The molecular weight excluding hydrogens is 420 g/mol. The van der Waals surface area contributed by atoms with Crippen LogP contribution in [0.3, 0.4) is 0 Å². The first kappa shape index (κ1) is 19.0. The van der Waals surface area contributed by atoms with Gasteiger partial charge in [-0.2, -0.15) is 0 Å². The smallest absolute Gasteiger partial charge is 0.233 e. The Morgan fingerprint density at radius 3 is 2.44 bits per heavy atom. The van der Waals surface area contributed by atoms with Crippen LogP contribution in [0.5, 0.6) is 5.75 Å². The molecule has 6 rings (SSSR count). The normalized spacial score (nSPS) is 17.0. The number of anilines is 1. The Hall–Kier alpha value is -3.77. The minimum absolute atomic E-state index is 0.415. The number of fused-ring (bicyclic) bond motifs is 5. The van der Waals surface area contributed by atoms with Gasteiger partial charge in [0.25, 0.3) is 0 Å². The van der Waals surface area contributed by atoms with E-state index in [0.29, 0.717) is 16.8 Å². The lowest BCUT2D eigenvalue weighted by atomic mass is 9.73. The van der Waals surface area contributed by atoms with E-state index in [1.165, 1.54) is 0 Å². The Morgan fingerprint density at radius 2 is 1.69 bits per heavy atom. The number of hydrogen-bond donors (Lipinski definition) is 1. The highest BCUT2D eigenvalue weighted by atomic mass is 32.1. The summed E-state index contributed by atoms with van der Waals surface area (Å²) in [6, 6.07) is 19.1. The molecule has 1 aliphatic carbocycles. The summed E-state index contributed by atoms with van der Waals surface area (Å²) in [5, 5.41) is 4.43. The molecule has 156 valence electrons. The third-order valence-electron chi connectivity index (χ3n) is 6.15. The van der Waals surface area contributed by atoms with Gasteiger partial charge in [0.15, 0.2) is 0 Å².